The molecule has 1 saturated carbocycles. The fourth-order valence-corrected chi connectivity index (χ4v) is 2.45. The summed E-state index contributed by atoms with van der Waals surface area (Å²) in [6.07, 6.45) is 2.88. The first-order chi connectivity index (χ1) is 7.30. The highest BCUT2D eigenvalue weighted by Gasteiger charge is 2.51. The van der Waals surface area contributed by atoms with E-state index in [4.69, 9.17) is 5.26 Å². The van der Waals surface area contributed by atoms with Crippen molar-refractivity contribution in [1.82, 2.24) is 4.90 Å². The minimum atomic E-state index is 0.743. The van der Waals surface area contributed by atoms with Crippen molar-refractivity contribution in [3.63, 3.8) is 0 Å². The van der Waals surface area contributed by atoms with Gasteiger partial charge in [-0.1, -0.05) is 12.1 Å². The van der Waals surface area contributed by atoms with E-state index in [-0.39, 0.29) is 0 Å². The highest BCUT2D eigenvalue weighted by Crippen LogP contribution is 2.53. The van der Waals surface area contributed by atoms with Crippen LogP contribution in [0.2, 0.25) is 0 Å². The summed E-state index contributed by atoms with van der Waals surface area (Å²) in [6, 6.07) is 10.1. The van der Waals surface area contributed by atoms with Gasteiger partial charge in [-0.2, -0.15) is 5.26 Å². The monoisotopic (exact) mass is 198 g/mol. The zero-order valence-corrected chi connectivity index (χ0v) is 8.74. The second kappa shape index (κ2) is 3.08. The highest BCUT2D eigenvalue weighted by molar-refractivity contribution is 5.31. The molecule has 2 aliphatic rings. The van der Waals surface area contributed by atoms with Gasteiger partial charge in [0.15, 0.2) is 0 Å². The molecule has 1 aromatic rings. The number of benzene rings is 1. The zero-order chi connectivity index (χ0) is 10.3. The summed E-state index contributed by atoms with van der Waals surface area (Å²) >= 11 is 0. The maximum absolute atomic E-state index is 8.68. The summed E-state index contributed by atoms with van der Waals surface area (Å²) in [5.74, 6) is 0. The van der Waals surface area contributed by atoms with Crippen molar-refractivity contribution in [1.29, 1.82) is 5.26 Å². The first kappa shape index (κ1) is 8.94. The molecule has 0 radical (unpaired) electrons. The second-order valence-corrected chi connectivity index (χ2v) is 4.95. The molecule has 0 amide bonds. The van der Waals surface area contributed by atoms with Gasteiger partial charge in [0.2, 0.25) is 0 Å². The van der Waals surface area contributed by atoms with E-state index >= 15 is 0 Å². The van der Waals surface area contributed by atoms with E-state index in [0.717, 1.165) is 17.5 Å². The molecule has 0 N–H and O–H groups in total. The lowest BCUT2D eigenvalue weighted by Gasteiger charge is -2.40. The van der Waals surface area contributed by atoms with Gasteiger partial charge in [0.1, 0.15) is 0 Å². The van der Waals surface area contributed by atoms with E-state index in [9.17, 15) is 0 Å². The second-order valence-electron chi connectivity index (χ2n) is 4.95. The molecule has 1 saturated heterocycles. The van der Waals surface area contributed by atoms with E-state index in [1.165, 1.54) is 31.5 Å². The van der Waals surface area contributed by atoms with Gasteiger partial charge in [-0.15, -0.1) is 0 Å². The van der Waals surface area contributed by atoms with E-state index in [2.05, 4.69) is 23.1 Å². The van der Waals surface area contributed by atoms with Crippen molar-refractivity contribution < 1.29 is 0 Å². The molecular weight excluding hydrogens is 184 g/mol. The number of rotatable bonds is 2. The predicted molar refractivity (Wildman–Crippen MR) is 58.1 cm³/mol. The van der Waals surface area contributed by atoms with Gasteiger partial charge in [0, 0.05) is 19.6 Å². The van der Waals surface area contributed by atoms with Crippen molar-refractivity contribution in [2.24, 2.45) is 5.41 Å². The van der Waals surface area contributed by atoms with Crippen LogP contribution in [0.5, 0.6) is 0 Å². The number of hydrogen-bond acceptors (Lipinski definition) is 2. The Kier molecular flexibility index (Phi) is 1.83. The summed E-state index contributed by atoms with van der Waals surface area (Å²) in [6.45, 7) is 3.62. The fourth-order valence-electron chi connectivity index (χ4n) is 2.45. The first-order valence-electron chi connectivity index (χ1n) is 5.51. The molecule has 1 spiro atoms. The summed E-state index contributed by atoms with van der Waals surface area (Å²) in [7, 11) is 0. The van der Waals surface area contributed by atoms with Gasteiger partial charge in [0.25, 0.3) is 0 Å². The molecule has 0 aromatic heterocycles. The average molecular weight is 198 g/mol. The summed E-state index contributed by atoms with van der Waals surface area (Å²) < 4.78 is 0. The van der Waals surface area contributed by atoms with E-state index in [1.807, 2.05) is 12.1 Å². The molecule has 0 atom stereocenters. The van der Waals surface area contributed by atoms with Gasteiger partial charge in [-0.05, 0) is 36.0 Å². The van der Waals surface area contributed by atoms with Crippen molar-refractivity contribution in [2.45, 2.75) is 19.4 Å². The zero-order valence-electron chi connectivity index (χ0n) is 8.74. The minimum absolute atomic E-state index is 0.743. The van der Waals surface area contributed by atoms with Gasteiger partial charge in [0.05, 0.1) is 11.6 Å². The Morgan fingerprint density at radius 3 is 2.40 bits per heavy atom. The molecule has 2 heteroatoms. The summed E-state index contributed by atoms with van der Waals surface area (Å²) in [5.41, 5.74) is 2.82. The van der Waals surface area contributed by atoms with E-state index < -0.39 is 0 Å². The minimum Gasteiger partial charge on any atom is -0.298 e. The number of nitriles is 1. The van der Waals surface area contributed by atoms with Gasteiger partial charge in [-0.25, -0.2) is 0 Å². The van der Waals surface area contributed by atoms with Crippen LogP contribution < -0.4 is 0 Å². The number of likely N-dealkylation sites (tertiary alicyclic amines) is 1. The van der Waals surface area contributed by atoms with Crippen LogP contribution in [0.15, 0.2) is 24.3 Å². The Balaban J connectivity index is 1.60. The molecule has 1 aliphatic heterocycles. The lowest BCUT2D eigenvalue weighted by Crippen LogP contribution is -2.47. The van der Waals surface area contributed by atoms with Crippen molar-refractivity contribution >= 4 is 0 Å². The molecule has 15 heavy (non-hydrogen) atoms. The molecule has 1 aliphatic carbocycles. The van der Waals surface area contributed by atoms with Crippen molar-refractivity contribution in [3.8, 4) is 6.07 Å². The Morgan fingerprint density at radius 2 is 1.87 bits per heavy atom. The molecule has 1 aromatic carbocycles. The van der Waals surface area contributed by atoms with Crippen molar-refractivity contribution in [2.75, 3.05) is 13.1 Å². The molecule has 76 valence electrons. The standard InChI is InChI=1S/C13H14N2/c14-7-11-1-3-12(4-2-11)8-15-9-13(10-15)5-6-13/h1-4H,5-6,8-10H2. The van der Waals surface area contributed by atoms with Crippen LogP contribution in [0.3, 0.4) is 0 Å². The maximum Gasteiger partial charge on any atom is 0.0991 e. The summed E-state index contributed by atoms with van der Waals surface area (Å²) in [5, 5.41) is 8.68. The van der Waals surface area contributed by atoms with E-state index in [0.29, 0.717) is 0 Å². The van der Waals surface area contributed by atoms with Crippen LogP contribution in [0.25, 0.3) is 0 Å². The lowest BCUT2D eigenvalue weighted by atomic mass is 9.96. The Hall–Kier alpha value is -1.33. The topological polar surface area (TPSA) is 27.0 Å². The third-order valence-corrected chi connectivity index (χ3v) is 3.56. The maximum atomic E-state index is 8.68. The van der Waals surface area contributed by atoms with Crippen LogP contribution in [-0.4, -0.2) is 18.0 Å². The highest BCUT2D eigenvalue weighted by atomic mass is 15.2. The van der Waals surface area contributed by atoms with Crippen LogP contribution in [0.1, 0.15) is 24.0 Å². The normalized spacial score (nSPS) is 22.1. The molecular formula is C13H14N2. The van der Waals surface area contributed by atoms with Crippen LogP contribution in [0.4, 0.5) is 0 Å². The molecule has 2 fully saturated rings. The SMILES string of the molecule is N#Cc1ccc(CN2CC3(CC3)C2)cc1. The van der Waals surface area contributed by atoms with Crippen LogP contribution in [-0.2, 0) is 6.54 Å². The summed E-state index contributed by atoms with van der Waals surface area (Å²) in [4.78, 5) is 2.49. The quantitative estimate of drug-likeness (QED) is 0.728. The Bertz CT molecular complexity index is 401. The van der Waals surface area contributed by atoms with E-state index in [1.54, 1.807) is 0 Å². The largest absolute Gasteiger partial charge is 0.298 e. The molecule has 3 rings (SSSR count). The molecule has 2 nitrogen and oxygen atoms in total. The molecule has 0 bridgehead atoms. The Labute approximate surface area is 90.1 Å². The Morgan fingerprint density at radius 1 is 1.20 bits per heavy atom. The lowest BCUT2D eigenvalue weighted by molar-refractivity contribution is 0.0739. The van der Waals surface area contributed by atoms with Gasteiger partial charge < -0.3 is 0 Å². The molecule has 0 unspecified atom stereocenters. The fraction of sp³-hybridized carbons (Fsp3) is 0.462. The van der Waals surface area contributed by atoms with Gasteiger partial charge in [-0.3, -0.25) is 4.90 Å². The molecule has 1 heterocycles. The predicted octanol–water partition coefficient (Wildman–Crippen LogP) is 2.15. The third-order valence-electron chi connectivity index (χ3n) is 3.56. The third kappa shape index (κ3) is 1.64. The first-order valence-corrected chi connectivity index (χ1v) is 5.51. The average Bonchev–Trinajstić information content (AvgIpc) is 2.99. The number of hydrogen-bond donors (Lipinski definition) is 0. The van der Waals surface area contributed by atoms with Gasteiger partial charge >= 0.3 is 0 Å². The van der Waals surface area contributed by atoms with Crippen molar-refractivity contribution in [3.05, 3.63) is 35.4 Å². The van der Waals surface area contributed by atoms with Crippen LogP contribution >= 0.6 is 0 Å². The number of nitrogens with zero attached hydrogens (tertiary/aromatic N) is 2. The smallest absolute Gasteiger partial charge is 0.0991 e. The van der Waals surface area contributed by atoms with Crippen LogP contribution in [0, 0.1) is 16.7 Å².